The lowest BCUT2D eigenvalue weighted by atomic mass is 10.3. The number of hydrogen-bond acceptors (Lipinski definition) is 2. The van der Waals surface area contributed by atoms with Gasteiger partial charge in [-0.05, 0) is 6.08 Å². The van der Waals surface area contributed by atoms with E-state index in [0.717, 1.165) is 37.1 Å². The van der Waals surface area contributed by atoms with E-state index >= 15 is 0 Å². The van der Waals surface area contributed by atoms with Crippen LogP contribution in [0.2, 0.25) is 0 Å². The lowest BCUT2D eigenvalue weighted by Gasteiger charge is -2.29. The van der Waals surface area contributed by atoms with E-state index in [-0.39, 0.29) is 5.91 Å². The SMILES string of the molecule is C=CC(=O)NCCC[N+](C)(C)CC1CO1. The number of nitrogens with one attached hydrogen (secondary N) is 1. The Kier molecular flexibility index (Phi) is 4.29. The molecule has 0 aliphatic carbocycles. The highest BCUT2D eigenvalue weighted by atomic mass is 16.6. The number of likely N-dealkylation sites (N-methyl/N-ethyl adjacent to an activating group) is 1. The molecule has 0 spiro atoms. The fourth-order valence-corrected chi connectivity index (χ4v) is 1.61. The monoisotopic (exact) mass is 213 g/mol. The first-order valence-electron chi connectivity index (χ1n) is 5.37. The third kappa shape index (κ3) is 5.54. The van der Waals surface area contributed by atoms with Crippen LogP contribution < -0.4 is 5.32 Å². The summed E-state index contributed by atoms with van der Waals surface area (Å²) in [5.74, 6) is -0.0918. The van der Waals surface area contributed by atoms with Gasteiger partial charge in [0.2, 0.25) is 5.91 Å². The molecular weight excluding hydrogens is 192 g/mol. The number of carbonyl (C=O) groups is 1. The summed E-state index contributed by atoms with van der Waals surface area (Å²) in [4.78, 5) is 10.9. The Bertz CT molecular complexity index is 235. The Morgan fingerprint density at radius 3 is 2.87 bits per heavy atom. The van der Waals surface area contributed by atoms with Gasteiger partial charge in [-0.15, -0.1) is 0 Å². The van der Waals surface area contributed by atoms with Crippen molar-refractivity contribution < 1.29 is 14.0 Å². The zero-order valence-corrected chi connectivity index (χ0v) is 9.66. The summed E-state index contributed by atoms with van der Waals surface area (Å²) in [5, 5.41) is 2.78. The van der Waals surface area contributed by atoms with Crippen molar-refractivity contribution in [2.24, 2.45) is 0 Å². The van der Waals surface area contributed by atoms with E-state index in [1.54, 1.807) is 0 Å². The standard InChI is InChI=1S/C11H20N2O2/c1-4-11(14)12-6-5-7-13(2,3)8-10-9-15-10/h4,10H,1,5-9H2,2-3H3/p+1. The van der Waals surface area contributed by atoms with Gasteiger partial charge in [0, 0.05) is 13.0 Å². The van der Waals surface area contributed by atoms with Crippen molar-refractivity contribution >= 4 is 5.91 Å². The lowest BCUT2D eigenvalue weighted by molar-refractivity contribution is -0.890. The van der Waals surface area contributed by atoms with Gasteiger partial charge in [0.05, 0.1) is 27.2 Å². The smallest absolute Gasteiger partial charge is 0.243 e. The normalized spacial score (nSPS) is 19.7. The first-order valence-corrected chi connectivity index (χ1v) is 5.37. The summed E-state index contributed by atoms with van der Waals surface area (Å²) >= 11 is 0. The minimum Gasteiger partial charge on any atom is -0.367 e. The fourth-order valence-electron chi connectivity index (χ4n) is 1.61. The molecule has 86 valence electrons. The van der Waals surface area contributed by atoms with E-state index < -0.39 is 0 Å². The largest absolute Gasteiger partial charge is 0.367 e. The van der Waals surface area contributed by atoms with Crippen molar-refractivity contribution in [1.82, 2.24) is 5.32 Å². The third-order valence-electron chi connectivity index (χ3n) is 2.53. The summed E-state index contributed by atoms with van der Waals surface area (Å²) in [5.41, 5.74) is 0. The van der Waals surface area contributed by atoms with Crippen LogP contribution in [0.1, 0.15) is 6.42 Å². The fraction of sp³-hybridized carbons (Fsp3) is 0.727. The van der Waals surface area contributed by atoms with Gasteiger partial charge < -0.3 is 14.5 Å². The van der Waals surface area contributed by atoms with E-state index in [2.05, 4.69) is 26.0 Å². The molecule has 0 saturated carbocycles. The molecule has 1 aliphatic heterocycles. The predicted octanol–water partition coefficient (Wildman–Crippen LogP) is 0.154. The van der Waals surface area contributed by atoms with Crippen molar-refractivity contribution in [3.63, 3.8) is 0 Å². The molecule has 4 nitrogen and oxygen atoms in total. The van der Waals surface area contributed by atoms with Gasteiger partial charge in [0.25, 0.3) is 0 Å². The lowest BCUT2D eigenvalue weighted by Crippen LogP contribution is -2.44. The van der Waals surface area contributed by atoms with Gasteiger partial charge in [-0.25, -0.2) is 0 Å². The molecule has 1 unspecified atom stereocenters. The van der Waals surface area contributed by atoms with Gasteiger partial charge in [0.15, 0.2) is 0 Å². The molecule has 1 saturated heterocycles. The summed E-state index contributed by atoms with van der Waals surface area (Å²) in [6.45, 7) is 7.15. The Hall–Kier alpha value is -0.870. The van der Waals surface area contributed by atoms with Gasteiger partial charge >= 0.3 is 0 Å². The topological polar surface area (TPSA) is 41.6 Å². The molecular formula is C11H21N2O2+. The molecule has 1 fully saturated rings. The number of epoxide rings is 1. The Balaban J connectivity index is 2.06. The molecule has 0 bridgehead atoms. The average molecular weight is 213 g/mol. The van der Waals surface area contributed by atoms with Crippen molar-refractivity contribution in [3.05, 3.63) is 12.7 Å². The maximum atomic E-state index is 10.9. The molecule has 1 heterocycles. The zero-order valence-electron chi connectivity index (χ0n) is 9.66. The number of carbonyl (C=O) groups excluding carboxylic acids is 1. The summed E-state index contributed by atoms with van der Waals surface area (Å²) in [6.07, 6.45) is 2.75. The highest BCUT2D eigenvalue weighted by Gasteiger charge is 2.30. The summed E-state index contributed by atoms with van der Waals surface area (Å²) < 4.78 is 6.16. The quantitative estimate of drug-likeness (QED) is 0.283. The number of rotatable bonds is 7. The molecule has 15 heavy (non-hydrogen) atoms. The van der Waals surface area contributed by atoms with E-state index in [1.165, 1.54) is 6.08 Å². The Morgan fingerprint density at radius 1 is 1.67 bits per heavy atom. The zero-order chi connectivity index (χ0) is 11.3. The summed E-state index contributed by atoms with van der Waals surface area (Å²) in [7, 11) is 4.38. The van der Waals surface area contributed by atoms with Crippen LogP contribution in [0.25, 0.3) is 0 Å². The van der Waals surface area contributed by atoms with Crippen LogP contribution in [0.4, 0.5) is 0 Å². The van der Waals surface area contributed by atoms with Crippen molar-refractivity contribution in [1.29, 1.82) is 0 Å². The highest BCUT2D eigenvalue weighted by Crippen LogP contribution is 2.13. The molecule has 1 N–H and O–H groups in total. The van der Waals surface area contributed by atoms with Crippen molar-refractivity contribution in [2.45, 2.75) is 12.5 Å². The van der Waals surface area contributed by atoms with E-state index in [1.807, 2.05) is 0 Å². The van der Waals surface area contributed by atoms with E-state index in [4.69, 9.17) is 4.74 Å². The second-order valence-corrected chi connectivity index (χ2v) is 4.65. The molecule has 0 aromatic carbocycles. The molecule has 0 aromatic rings. The van der Waals surface area contributed by atoms with Crippen LogP contribution in [0, 0.1) is 0 Å². The first-order chi connectivity index (χ1) is 7.03. The molecule has 1 amide bonds. The first kappa shape index (κ1) is 12.2. The molecule has 4 heteroatoms. The molecule has 1 atom stereocenters. The number of nitrogens with zero attached hydrogens (tertiary/aromatic N) is 1. The van der Waals surface area contributed by atoms with Crippen LogP contribution in [0.3, 0.4) is 0 Å². The van der Waals surface area contributed by atoms with Crippen molar-refractivity contribution in [2.75, 3.05) is 40.3 Å². The van der Waals surface area contributed by atoms with E-state index in [9.17, 15) is 4.79 Å². The number of quaternary nitrogens is 1. The molecule has 0 radical (unpaired) electrons. The van der Waals surface area contributed by atoms with Crippen LogP contribution in [0.5, 0.6) is 0 Å². The second kappa shape index (κ2) is 5.28. The highest BCUT2D eigenvalue weighted by molar-refractivity contribution is 5.86. The predicted molar refractivity (Wildman–Crippen MR) is 59.4 cm³/mol. The van der Waals surface area contributed by atoms with E-state index in [0.29, 0.717) is 6.10 Å². The number of ether oxygens (including phenoxy) is 1. The average Bonchev–Trinajstić information content (AvgIpc) is 2.95. The van der Waals surface area contributed by atoms with Crippen LogP contribution in [0.15, 0.2) is 12.7 Å². The number of hydrogen-bond donors (Lipinski definition) is 1. The maximum absolute atomic E-state index is 10.9. The minimum absolute atomic E-state index is 0.0918. The second-order valence-electron chi connectivity index (χ2n) is 4.65. The summed E-state index contributed by atoms with van der Waals surface area (Å²) in [6, 6.07) is 0. The third-order valence-corrected chi connectivity index (χ3v) is 2.53. The van der Waals surface area contributed by atoms with Crippen LogP contribution in [-0.4, -0.2) is 56.8 Å². The van der Waals surface area contributed by atoms with Crippen LogP contribution in [-0.2, 0) is 9.53 Å². The van der Waals surface area contributed by atoms with Gasteiger partial charge in [0.1, 0.15) is 12.6 Å². The molecule has 1 rings (SSSR count). The van der Waals surface area contributed by atoms with Crippen molar-refractivity contribution in [3.8, 4) is 0 Å². The number of amides is 1. The van der Waals surface area contributed by atoms with Crippen LogP contribution >= 0.6 is 0 Å². The molecule has 1 aliphatic rings. The molecule has 0 aromatic heterocycles. The maximum Gasteiger partial charge on any atom is 0.243 e. The van der Waals surface area contributed by atoms with Gasteiger partial charge in [-0.1, -0.05) is 6.58 Å². The minimum atomic E-state index is -0.0918. The Labute approximate surface area is 91.5 Å². The van der Waals surface area contributed by atoms with Gasteiger partial charge in [-0.3, -0.25) is 4.79 Å². The Morgan fingerprint density at radius 2 is 2.33 bits per heavy atom. The van der Waals surface area contributed by atoms with Gasteiger partial charge in [-0.2, -0.15) is 0 Å².